The summed E-state index contributed by atoms with van der Waals surface area (Å²) in [5.74, 6) is 1.05. The molecule has 0 saturated carbocycles. The molecule has 2 heterocycles. The minimum atomic E-state index is -0.645. The molecule has 0 saturated heterocycles. The summed E-state index contributed by atoms with van der Waals surface area (Å²) in [6.07, 6.45) is 2.83. The van der Waals surface area contributed by atoms with Crippen LogP contribution in [0, 0.1) is 23.0 Å². The number of azo groups is 2. The van der Waals surface area contributed by atoms with Crippen molar-refractivity contribution in [2.24, 2.45) is 31.3 Å². The third-order valence-corrected chi connectivity index (χ3v) is 8.59. The van der Waals surface area contributed by atoms with E-state index >= 15 is 0 Å². The quantitative estimate of drug-likeness (QED) is 0.0991. The van der Waals surface area contributed by atoms with E-state index in [1.54, 1.807) is 126 Å². The van der Waals surface area contributed by atoms with E-state index in [4.69, 9.17) is 55.9 Å². The van der Waals surface area contributed by atoms with Gasteiger partial charge in [-0.15, -0.1) is 10.2 Å². The molecule has 6 aromatic rings. The Labute approximate surface area is 440 Å². The van der Waals surface area contributed by atoms with Gasteiger partial charge in [-0.2, -0.15) is 20.4 Å². The minimum Gasteiger partial charge on any atom is -1.00 e. The first-order valence-corrected chi connectivity index (χ1v) is 18.8. The normalized spacial score (nSPS) is 10.5. The molecule has 0 radical (unpaired) electrons. The van der Waals surface area contributed by atoms with E-state index in [-0.39, 0.29) is 124 Å². The van der Waals surface area contributed by atoms with Gasteiger partial charge >= 0.3 is 39.0 Å². The first-order valence-electron chi connectivity index (χ1n) is 17.3. The molecule has 332 valence electrons. The Kier molecular flexibility index (Phi) is 28.0. The molecule has 0 aliphatic heterocycles. The molecule has 2 aromatic heterocycles. The average Bonchev–Trinajstić information content (AvgIpc) is 3.92. The summed E-state index contributed by atoms with van der Waals surface area (Å²) >= 11 is 23.9. The molecule has 24 heteroatoms. The van der Waals surface area contributed by atoms with Gasteiger partial charge in [0.1, 0.15) is 24.0 Å². The zero-order valence-corrected chi connectivity index (χ0v) is 46.9. The number of ether oxygens (including phenoxy) is 2. The van der Waals surface area contributed by atoms with Crippen molar-refractivity contribution in [2.75, 3.05) is 0 Å². The summed E-state index contributed by atoms with van der Waals surface area (Å²) in [5.41, 5.74) is 0.905. The van der Waals surface area contributed by atoms with E-state index in [9.17, 15) is 9.59 Å². The summed E-state index contributed by atoms with van der Waals surface area (Å²) in [5, 5.41) is 31.3. The second-order valence-corrected chi connectivity index (χ2v) is 16.0. The number of aromatic nitrogens is 6. The number of ketones is 2. The molecule has 2 N–H and O–H groups in total. The van der Waals surface area contributed by atoms with Gasteiger partial charge in [0, 0.05) is 33.3 Å². The third-order valence-electron chi connectivity index (χ3n) is 7.51. The van der Waals surface area contributed by atoms with Crippen LogP contribution in [0.25, 0.3) is 0 Å². The number of carbonyl (C=O) groups excluding carboxylic acids is 2. The number of rotatable bonds is 12. The fourth-order valence-electron chi connectivity index (χ4n) is 4.46. The molecule has 4 aromatic carbocycles. The van der Waals surface area contributed by atoms with Crippen LogP contribution >= 0.6 is 46.4 Å². The Morgan fingerprint density at radius 2 is 0.859 bits per heavy atom. The predicted molar refractivity (Wildman–Crippen MR) is 222 cm³/mol. The molecule has 6 rings (SSSR count). The van der Waals surface area contributed by atoms with Crippen LogP contribution in [0.1, 0.15) is 53.2 Å². The molecule has 14 nitrogen and oxygen atoms in total. The first kappa shape index (κ1) is 62.7. The van der Waals surface area contributed by atoms with Crippen LogP contribution < -0.4 is 59.1 Å². The molecule has 64 heavy (non-hydrogen) atoms. The van der Waals surface area contributed by atoms with Crippen LogP contribution in [0.15, 0.2) is 118 Å². The summed E-state index contributed by atoms with van der Waals surface area (Å²) in [6.45, 7) is 10.8. The number of benzene rings is 4. The van der Waals surface area contributed by atoms with Gasteiger partial charge in [0.2, 0.25) is 0 Å². The fraction of sp³-hybridized carbons (Fsp3) is 0.200. The zero-order valence-electron chi connectivity index (χ0n) is 34.9. The maximum Gasteiger partial charge on any atom is 2.00 e. The van der Waals surface area contributed by atoms with E-state index < -0.39 is 10.8 Å². The van der Waals surface area contributed by atoms with Crippen molar-refractivity contribution in [2.45, 2.75) is 41.5 Å². The summed E-state index contributed by atoms with van der Waals surface area (Å²) in [6, 6.07) is 23.5. The molecule has 0 aliphatic rings. The Balaban J connectivity index is 0. The topological polar surface area (TPSA) is 185 Å². The van der Waals surface area contributed by atoms with Gasteiger partial charge in [-0.1, -0.05) is 100 Å². The van der Waals surface area contributed by atoms with Crippen molar-refractivity contribution in [1.82, 2.24) is 30.4 Å². The fourth-order valence-corrected chi connectivity index (χ4v) is 5.35. The second kappa shape index (κ2) is 28.6. The van der Waals surface area contributed by atoms with Gasteiger partial charge in [-0.25, -0.2) is 9.97 Å². The number of hydrogen-bond donors (Lipinski definition) is 2. The summed E-state index contributed by atoms with van der Waals surface area (Å²) in [7, 11) is 0. The van der Waals surface area contributed by atoms with E-state index in [2.05, 4.69) is 50.8 Å². The van der Waals surface area contributed by atoms with Crippen LogP contribution in [0.4, 0.5) is 22.7 Å². The van der Waals surface area contributed by atoms with E-state index in [0.29, 0.717) is 54.3 Å². The molecule has 0 aliphatic carbocycles. The maximum atomic E-state index is 12.7. The standard InChI is InChI=1S/2C20H18Cl2N5O2.4ClH.2Zn/c2*1-20(2,3)18(28)17(19-23-11-24-27-19)29-14-7-5-13(6-8-14)25-26-16-9-4-12(21)10-15(16)22;;;;;;/h2*4-11H,1-3H3,(H,23,24,27);4*1H;;/q2*-1;;;;;2*+2/p-4. The Hall–Kier alpha value is -3.39. The third kappa shape index (κ3) is 18.5. The van der Waals surface area contributed by atoms with Crippen LogP contribution in [0.3, 0.4) is 0 Å². The van der Waals surface area contributed by atoms with Gasteiger partial charge < -0.3 is 68.7 Å². The summed E-state index contributed by atoms with van der Waals surface area (Å²) < 4.78 is 11.6. The molecule has 0 fully saturated rings. The number of hydrogen-bond acceptors (Lipinski definition) is 12. The molecule has 0 atom stereocenters. The van der Waals surface area contributed by atoms with Crippen molar-refractivity contribution >= 4 is 80.7 Å². The molecule has 0 spiro atoms. The molecule has 0 unspecified atom stereocenters. The Morgan fingerprint density at radius 3 is 1.12 bits per heavy atom. The SMILES string of the molecule is CC(C)(C)C(=O)[C-](Oc1ccc(N=Nc2ccc(Cl)cc2Cl)cc1)c1ncn[nH]1.CC(C)(C)C(=O)[C-](Oc1ccc(N=Nc2ccc(Cl)cc2Cl)cc1)c1ncn[nH]1.[Cl-].[Cl-].[Cl-].[Cl-].[Zn+2].[Zn+2]. The maximum absolute atomic E-state index is 12.7. The van der Waals surface area contributed by atoms with E-state index in [0.717, 1.165) is 0 Å². The molecule has 0 bridgehead atoms. The van der Waals surface area contributed by atoms with Crippen molar-refractivity contribution in [3.63, 3.8) is 0 Å². The monoisotopic (exact) mass is 1130 g/mol. The van der Waals surface area contributed by atoms with Crippen molar-refractivity contribution in [3.05, 3.63) is 142 Å². The largest absolute Gasteiger partial charge is 2.00 e. The van der Waals surface area contributed by atoms with E-state index in [1.807, 2.05) is 0 Å². The number of nitrogens with one attached hydrogen (secondary N) is 2. The number of Topliss-reactive ketones (excluding diaryl/α,β-unsaturated/α-hetero) is 2. The Morgan fingerprint density at radius 1 is 0.531 bits per heavy atom. The van der Waals surface area contributed by atoms with Gasteiger partial charge in [0.05, 0.1) is 32.9 Å². The van der Waals surface area contributed by atoms with Crippen LogP contribution in [-0.4, -0.2) is 41.9 Å². The summed E-state index contributed by atoms with van der Waals surface area (Å²) in [4.78, 5) is 33.6. The number of H-pyrrole nitrogens is 2. The van der Waals surface area contributed by atoms with Gasteiger partial charge in [0.25, 0.3) is 0 Å². The smallest absolute Gasteiger partial charge is 1.00 e. The minimum absolute atomic E-state index is 0. The molecule has 0 amide bonds. The Bertz CT molecular complexity index is 2220. The van der Waals surface area contributed by atoms with Crippen molar-refractivity contribution in [3.8, 4) is 11.5 Å². The number of aromatic amines is 2. The zero-order chi connectivity index (χ0) is 42.0. The molecular weight excluding hydrogens is 1100 g/mol. The molecular formula is C40H36Cl8N10O4Zn2-2. The first-order chi connectivity index (χ1) is 27.5. The second-order valence-electron chi connectivity index (χ2n) is 14.3. The van der Waals surface area contributed by atoms with Crippen LogP contribution in [0.5, 0.6) is 11.5 Å². The average molecular weight is 1140 g/mol. The van der Waals surface area contributed by atoms with Crippen LogP contribution in [0.2, 0.25) is 20.1 Å². The number of carbonyl (C=O) groups is 2. The van der Waals surface area contributed by atoms with E-state index in [1.165, 1.54) is 12.7 Å². The predicted octanol–water partition coefficient (Wildman–Crippen LogP) is 0.213. The van der Waals surface area contributed by atoms with Crippen molar-refractivity contribution in [1.29, 1.82) is 0 Å². The number of nitrogens with zero attached hydrogens (tertiary/aromatic N) is 8. The van der Waals surface area contributed by atoms with Gasteiger partial charge in [-0.05, 0) is 95.8 Å². The number of halogens is 8. The van der Waals surface area contributed by atoms with Gasteiger partial charge in [-0.3, -0.25) is 10.2 Å². The van der Waals surface area contributed by atoms with Gasteiger partial charge in [0.15, 0.2) is 0 Å². The van der Waals surface area contributed by atoms with Crippen LogP contribution in [-0.2, 0) is 48.5 Å². The van der Waals surface area contributed by atoms with Crippen molar-refractivity contribution < 1.29 is 108 Å².